The second-order valence-electron chi connectivity index (χ2n) is 3.85. The van der Waals surface area contributed by atoms with Crippen LogP contribution in [0.3, 0.4) is 0 Å². The van der Waals surface area contributed by atoms with Gasteiger partial charge in [-0.25, -0.2) is 4.39 Å². The van der Waals surface area contributed by atoms with E-state index in [0.29, 0.717) is 28.3 Å². The third kappa shape index (κ3) is 3.36. The van der Waals surface area contributed by atoms with Crippen LogP contribution in [0.25, 0.3) is 11.4 Å². The molecule has 4 nitrogen and oxygen atoms in total. The standard InChI is InChI=1S/C12H13BrFN3O/c1-2-3-15-7-11-16-12(17-18-11)8-4-9(13)6-10(14)5-8/h4-6,15H,2-3,7H2,1H3. The molecule has 1 aromatic carbocycles. The van der Waals surface area contributed by atoms with E-state index in [0.717, 1.165) is 13.0 Å². The van der Waals surface area contributed by atoms with Crippen molar-refractivity contribution in [3.8, 4) is 11.4 Å². The van der Waals surface area contributed by atoms with Crippen LogP contribution < -0.4 is 5.32 Å². The van der Waals surface area contributed by atoms with Crippen molar-refractivity contribution in [2.75, 3.05) is 6.54 Å². The Morgan fingerprint density at radius 2 is 2.22 bits per heavy atom. The maximum Gasteiger partial charge on any atom is 0.240 e. The van der Waals surface area contributed by atoms with Gasteiger partial charge in [-0.05, 0) is 31.2 Å². The van der Waals surface area contributed by atoms with Crippen LogP contribution >= 0.6 is 15.9 Å². The topological polar surface area (TPSA) is 51.0 Å². The Hall–Kier alpha value is -1.27. The van der Waals surface area contributed by atoms with Gasteiger partial charge < -0.3 is 9.84 Å². The van der Waals surface area contributed by atoms with Gasteiger partial charge in [0.05, 0.1) is 6.54 Å². The summed E-state index contributed by atoms with van der Waals surface area (Å²) < 4.78 is 19.0. The summed E-state index contributed by atoms with van der Waals surface area (Å²) in [5.74, 6) is 0.553. The van der Waals surface area contributed by atoms with E-state index >= 15 is 0 Å². The van der Waals surface area contributed by atoms with Crippen molar-refractivity contribution < 1.29 is 8.91 Å². The SMILES string of the molecule is CCCNCc1nc(-c2cc(F)cc(Br)c2)no1. The van der Waals surface area contributed by atoms with Crippen LogP contribution in [-0.4, -0.2) is 16.7 Å². The van der Waals surface area contributed by atoms with E-state index in [1.54, 1.807) is 6.07 Å². The summed E-state index contributed by atoms with van der Waals surface area (Å²) in [6, 6.07) is 4.50. The van der Waals surface area contributed by atoms with E-state index in [2.05, 4.69) is 38.3 Å². The zero-order chi connectivity index (χ0) is 13.0. The molecule has 1 aromatic heterocycles. The molecule has 0 atom stereocenters. The minimum absolute atomic E-state index is 0.338. The van der Waals surface area contributed by atoms with Crippen molar-refractivity contribution in [2.24, 2.45) is 0 Å². The first-order chi connectivity index (χ1) is 8.69. The Morgan fingerprint density at radius 1 is 1.39 bits per heavy atom. The van der Waals surface area contributed by atoms with E-state index in [9.17, 15) is 4.39 Å². The van der Waals surface area contributed by atoms with E-state index in [4.69, 9.17) is 4.52 Å². The number of rotatable bonds is 5. The van der Waals surface area contributed by atoms with Crippen LogP contribution in [0.1, 0.15) is 19.2 Å². The number of hydrogen-bond donors (Lipinski definition) is 1. The minimum atomic E-state index is -0.338. The minimum Gasteiger partial charge on any atom is -0.338 e. The first-order valence-corrected chi connectivity index (χ1v) is 6.48. The Bertz CT molecular complexity index is 510. The third-order valence-corrected chi connectivity index (χ3v) is 2.75. The molecule has 0 saturated heterocycles. The summed E-state index contributed by atoms with van der Waals surface area (Å²) >= 11 is 3.23. The van der Waals surface area contributed by atoms with E-state index < -0.39 is 0 Å². The Balaban J connectivity index is 2.13. The Kier molecular flexibility index (Phi) is 4.43. The molecule has 0 aliphatic heterocycles. The van der Waals surface area contributed by atoms with Crippen LogP contribution in [0.4, 0.5) is 4.39 Å². The summed E-state index contributed by atoms with van der Waals surface area (Å²) in [6.07, 6.45) is 1.04. The summed E-state index contributed by atoms with van der Waals surface area (Å²) in [6.45, 7) is 3.50. The summed E-state index contributed by atoms with van der Waals surface area (Å²) in [5, 5.41) is 6.99. The van der Waals surface area contributed by atoms with E-state index in [1.807, 2.05) is 0 Å². The lowest BCUT2D eigenvalue weighted by Crippen LogP contribution is -2.13. The lowest BCUT2D eigenvalue weighted by molar-refractivity contribution is 0.368. The number of halogens is 2. The highest BCUT2D eigenvalue weighted by molar-refractivity contribution is 9.10. The molecule has 1 N–H and O–H groups in total. The van der Waals surface area contributed by atoms with Gasteiger partial charge in [0, 0.05) is 10.0 Å². The molecular formula is C12H13BrFN3O. The second-order valence-corrected chi connectivity index (χ2v) is 4.76. The molecule has 2 rings (SSSR count). The molecule has 6 heteroatoms. The van der Waals surface area contributed by atoms with Crippen molar-refractivity contribution >= 4 is 15.9 Å². The van der Waals surface area contributed by atoms with Crippen molar-refractivity contribution in [1.82, 2.24) is 15.5 Å². The molecule has 0 radical (unpaired) electrons. The maximum absolute atomic E-state index is 13.2. The first kappa shape index (κ1) is 13.2. The molecule has 0 amide bonds. The summed E-state index contributed by atoms with van der Waals surface area (Å²) in [4.78, 5) is 4.21. The Labute approximate surface area is 113 Å². The normalized spacial score (nSPS) is 10.8. The van der Waals surface area contributed by atoms with Gasteiger partial charge in [0.1, 0.15) is 5.82 Å². The summed E-state index contributed by atoms with van der Waals surface area (Å²) in [5.41, 5.74) is 0.590. The van der Waals surface area contributed by atoms with Gasteiger partial charge in [-0.1, -0.05) is 28.0 Å². The number of hydrogen-bond acceptors (Lipinski definition) is 4. The lowest BCUT2D eigenvalue weighted by Gasteiger charge is -1.97. The van der Waals surface area contributed by atoms with Crippen molar-refractivity contribution in [3.63, 3.8) is 0 Å². The fourth-order valence-electron chi connectivity index (χ4n) is 1.50. The fraction of sp³-hybridized carbons (Fsp3) is 0.333. The number of nitrogens with zero attached hydrogens (tertiary/aromatic N) is 2. The summed E-state index contributed by atoms with van der Waals surface area (Å²) in [7, 11) is 0. The Morgan fingerprint density at radius 3 is 2.94 bits per heavy atom. The lowest BCUT2D eigenvalue weighted by atomic mass is 10.2. The molecule has 0 unspecified atom stereocenters. The molecule has 0 fully saturated rings. The van der Waals surface area contributed by atoms with E-state index in [-0.39, 0.29) is 5.82 Å². The average molecular weight is 314 g/mol. The zero-order valence-electron chi connectivity index (χ0n) is 9.91. The smallest absolute Gasteiger partial charge is 0.240 e. The highest BCUT2D eigenvalue weighted by atomic mass is 79.9. The zero-order valence-corrected chi connectivity index (χ0v) is 11.5. The molecule has 18 heavy (non-hydrogen) atoms. The fourth-order valence-corrected chi connectivity index (χ4v) is 1.96. The van der Waals surface area contributed by atoms with Crippen LogP contribution in [0.15, 0.2) is 27.2 Å². The van der Waals surface area contributed by atoms with Gasteiger partial charge in [-0.15, -0.1) is 0 Å². The molecular weight excluding hydrogens is 301 g/mol. The van der Waals surface area contributed by atoms with Gasteiger partial charge >= 0.3 is 0 Å². The van der Waals surface area contributed by atoms with Crippen molar-refractivity contribution in [3.05, 3.63) is 34.4 Å². The van der Waals surface area contributed by atoms with Crippen LogP contribution in [0, 0.1) is 5.82 Å². The van der Waals surface area contributed by atoms with E-state index in [1.165, 1.54) is 12.1 Å². The number of nitrogens with one attached hydrogen (secondary N) is 1. The van der Waals surface area contributed by atoms with Crippen molar-refractivity contribution in [2.45, 2.75) is 19.9 Å². The molecule has 0 saturated carbocycles. The van der Waals surface area contributed by atoms with Gasteiger partial charge in [-0.3, -0.25) is 0 Å². The molecule has 96 valence electrons. The number of aromatic nitrogens is 2. The predicted molar refractivity (Wildman–Crippen MR) is 69.4 cm³/mol. The number of benzene rings is 1. The highest BCUT2D eigenvalue weighted by Gasteiger charge is 2.10. The third-order valence-electron chi connectivity index (χ3n) is 2.29. The van der Waals surface area contributed by atoms with Gasteiger partial charge in [0.15, 0.2) is 0 Å². The highest BCUT2D eigenvalue weighted by Crippen LogP contribution is 2.22. The average Bonchev–Trinajstić information content (AvgIpc) is 2.77. The van der Waals surface area contributed by atoms with Crippen LogP contribution in [0.5, 0.6) is 0 Å². The second kappa shape index (κ2) is 6.06. The molecule has 0 spiro atoms. The molecule has 1 heterocycles. The van der Waals surface area contributed by atoms with Gasteiger partial charge in [0.25, 0.3) is 0 Å². The maximum atomic E-state index is 13.2. The molecule has 0 aliphatic carbocycles. The monoisotopic (exact) mass is 313 g/mol. The molecule has 2 aromatic rings. The predicted octanol–water partition coefficient (Wildman–Crippen LogP) is 3.14. The molecule has 0 aliphatic rings. The van der Waals surface area contributed by atoms with Gasteiger partial charge in [-0.2, -0.15) is 4.98 Å². The first-order valence-electron chi connectivity index (χ1n) is 5.69. The quantitative estimate of drug-likeness (QED) is 0.862. The molecule has 0 bridgehead atoms. The van der Waals surface area contributed by atoms with Crippen LogP contribution in [-0.2, 0) is 6.54 Å². The largest absolute Gasteiger partial charge is 0.338 e. The van der Waals surface area contributed by atoms with Gasteiger partial charge in [0.2, 0.25) is 11.7 Å². The van der Waals surface area contributed by atoms with Crippen molar-refractivity contribution in [1.29, 1.82) is 0 Å². The van der Waals surface area contributed by atoms with Crippen LogP contribution in [0.2, 0.25) is 0 Å².